The molecule has 0 bridgehead atoms. The number of piperidine rings is 1. The third kappa shape index (κ3) is 4.82. The number of nitro benzene ring substituents is 1. The van der Waals surface area contributed by atoms with Crippen molar-refractivity contribution in [2.75, 3.05) is 18.4 Å². The van der Waals surface area contributed by atoms with Gasteiger partial charge in [0.1, 0.15) is 5.69 Å². The van der Waals surface area contributed by atoms with Crippen LogP contribution in [0.5, 0.6) is 0 Å². The van der Waals surface area contributed by atoms with E-state index in [0.717, 1.165) is 17.3 Å². The summed E-state index contributed by atoms with van der Waals surface area (Å²) in [6, 6.07) is 4.92. The number of likely N-dealkylation sites (tertiary alicyclic amines) is 1. The molecule has 0 radical (unpaired) electrons. The lowest BCUT2D eigenvalue weighted by atomic mass is 10.0. The quantitative estimate of drug-likeness (QED) is 0.629. The third-order valence-electron chi connectivity index (χ3n) is 3.60. The standard InChI is InChI=1S/C15H20BrN3O4/c1-10(2)23-15(20)18-7-5-12(6-8-18)17-13-9-11(16)3-4-14(13)19(21)22/h3-4,9-10,12,17H,5-8H2,1-2H3. The van der Waals surface area contributed by atoms with E-state index in [-0.39, 0.29) is 23.9 Å². The fraction of sp³-hybridized carbons (Fsp3) is 0.533. The highest BCUT2D eigenvalue weighted by atomic mass is 79.9. The molecule has 8 heteroatoms. The number of nitro groups is 1. The predicted octanol–water partition coefficient (Wildman–Crippen LogP) is 3.78. The van der Waals surface area contributed by atoms with Crippen LogP contribution in [0.3, 0.4) is 0 Å². The van der Waals surface area contributed by atoms with Crippen molar-refractivity contribution in [2.24, 2.45) is 0 Å². The van der Waals surface area contributed by atoms with Crippen LogP contribution in [0.4, 0.5) is 16.2 Å². The number of carbonyl (C=O) groups is 1. The van der Waals surface area contributed by atoms with Crippen LogP contribution in [0.2, 0.25) is 0 Å². The lowest BCUT2D eigenvalue weighted by molar-refractivity contribution is -0.384. The van der Waals surface area contributed by atoms with Gasteiger partial charge in [-0.1, -0.05) is 15.9 Å². The summed E-state index contributed by atoms with van der Waals surface area (Å²) in [5.41, 5.74) is 0.544. The normalized spacial score (nSPS) is 15.6. The molecule has 1 aliphatic rings. The molecule has 1 N–H and O–H groups in total. The van der Waals surface area contributed by atoms with Gasteiger partial charge in [-0.15, -0.1) is 0 Å². The Kier molecular flexibility index (Phi) is 5.81. The van der Waals surface area contributed by atoms with Crippen LogP contribution in [0.1, 0.15) is 26.7 Å². The lowest BCUT2D eigenvalue weighted by Crippen LogP contribution is -2.43. The highest BCUT2D eigenvalue weighted by molar-refractivity contribution is 9.10. The first-order chi connectivity index (χ1) is 10.9. The number of nitrogens with zero attached hydrogens (tertiary/aromatic N) is 2. The molecular weight excluding hydrogens is 366 g/mol. The Labute approximate surface area is 143 Å². The van der Waals surface area contributed by atoms with Gasteiger partial charge in [0.05, 0.1) is 11.0 Å². The Morgan fingerprint density at radius 1 is 1.43 bits per heavy atom. The number of ether oxygens (including phenoxy) is 1. The highest BCUT2D eigenvalue weighted by Crippen LogP contribution is 2.29. The second-order valence-electron chi connectivity index (χ2n) is 5.76. The van der Waals surface area contributed by atoms with E-state index in [1.54, 1.807) is 17.0 Å². The molecule has 0 atom stereocenters. The van der Waals surface area contributed by atoms with Gasteiger partial charge in [0.2, 0.25) is 0 Å². The van der Waals surface area contributed by atoms with Crippen molar-refractivity contribution >= 4 is 33.4 Å². The number of rotatable bonds is 4. The number of hydrogen-bond donors (Lipinski definition) is 1. The smallest absolute Gasteiger partial charge is 0.410 e. The van der Waals surface area contributed by atoms with Crippen molar-refractivity contribution in [2.45, 2.75) is 38.8 Å². The molecular formula is C15H20BrN3O4. The summed E-state index contributed by atoms with van der Waals surface area (Å²) < 4.78 is 5.96. The molecule has 1 heterocycles. The van der Waals surface area contributed by atoms with Crippen LogP contribution in [0.15, 0.2) is 22.7 Å². The summed E-state index contributed by atoms with van der Waals surface area (Å²) in [5, 5.41) is 14.3. The van der Waals surface area contributed by atoms with Crippen LogP contribution < -0.4 is 5.32 Å². The fourth-order valence-electron chi connectivity index (χ4n) is 2.49. The van der Waals surface area contributed by atoms with Gasteiger partial charge in [-0.05, 0) is 38.8 Å². The number of halogens is 1. The van der Waals surface area contributed by atoms with Crippen LogP contribution in [-0.2, 0) is 4.74 Å². The zero-order valence-electron chi connectivity index (χ0n) is 13.1. The summed E-state index contributed by atoms with van der Waals surface area (Å²) in [6.45, 7) is 4.78. The second kappa shape index (κ2) is 7.63. The first kappa shape index (κ1) is 17.5. The van der Waals surface area contributed by atoms with Crippen molar-refractivity contribution < 1.29 is 14.5 Å². The Hall–Kier alpha value is -1.83. The molecule has 1 aliphatic heterocycles. The molecule has 7 nitrogen and oxygen atoms in total. The van der Waals surface area contributed by atoms with E-state index in [4.69, 9.17) is 4.74 Å². The van der Waals surface area contributed by atoms with Crippen LogP contribution in [0.25, 0.3) is 0 Å². The average Bonchev–Trinajstić information content (AvgIpc) is 2.47. The molecule has 1 amide bonds. The number of anilines is 1. The summed E-state index contributed by atoms with van der Waals surface area (Å²) in [7, 11) is 0. The van der Waals surface area contributed by atoms with E-state index in [9.17, 15) is 14.9 Å². The van der Waals surface area contributed by atoms with Gasteiger partial charge in [-0.3, -0.25) is 10.1 Å². The van der Waals surface area contributed by atoms with Gasteiger partial charge in [-0.25, -0.2) is 4.79 Å². The van der Waals surface area contributed by atoms with E-state index in [1.165, 1.54) is 6.07 Å². The molecule has 23 heavy (non-hydrogen) atoms. The summed E-state index contributed by atoms with van der Waals surface area (Å²) in [5.74, 6) is 0. The molecule has 1 aromatic carbocycles. The average molecular weight is 386 g/mol. The molecule has 0 unspecified atom stereocenters. The van der Waals surface area contributed by atoms with Crippen LogP contribution >= 0.6 is 15.9 Å². The summed E-state index contributed by atoms with van der Waals surface area (Å²) in [4.78, 5) is 24.2. The van der Waals surface area contributed by atoms with Gasteiger partial charge in [0.25, 0.3) is 5.69 Å². The first-order valence-corrected chi connectivity index (χ1v) is 8.32. The maximum absolute atomic E-state index is 11.8. The molecule has 0 aromatic heterocycles. The molecule has 1 fully saturated rings. The Bertz CT molecular complexity index is 586. The molecule has 126 valence electrons. The molecule has 0 saturated carbocycles. The van der Waals surface area contributed by atoms with Crippen molar-refractivity contribution in [3.05, 3.63) is 32.8 Å². The SMILES string of the molecule is CC(C)OC(=O)N1CCC(Nc2cc(Br)ccc2[N+](=O)[O-])CC1. The minimum atomic E-state index is -0.399. The first-order valence-electron chi connectivity index (χ1n) is 7.53. The van der Waals surface area contributed by atoms with Gasteiger partial charge in [-0.2, -0.15) is 0 Å². The van der Waals surface area contributed by atoms with Gasteiger partial charge in [0, 0.05) is 29.7 Å². The van der Waals surface area contributed by atoms with Crippen LogP contribution in [-0.4, -0.2) is 41.2 Å². The number of nitrogens with one attached hydrogen (secondary N) is 1. The monoisotopic (exact) mass is 385 g/mol. The van der Waals surface area contributed by atoms with E-state index < -0.39 is 4.92 Å². The molecule has 0 aliphatic carbocycles. The van der Waals surface area contributed by atoms with Crippen LogP contribution in [0, 0.1) is 10.1 Å². The fourth-order valence-corrected chi connectivity index (χ4v) is 2.85. The number of hydrogen-bond acceptors (Lipinski definition) is 5. The second-order valence-corrected chi connectivity index (χ2v) is 6.67. The topological polar surface area (TPSA) is 84.7 Å². The van der Waals surface area contributed by atoms with Crippen molar-refractivity contribution in [1.82, 2.24) is 4.90 Å². The highest BCUT2D eigenvalue weighted by Gasteiger charge is 2.25. The largest absolute Gasteiger partial charge is 0.447 e. The molecule has 1 aromatic rings. The molecule has 0 spiro atoms. The Morgan fingerprint density at radius 2 is 2.09 bits per heavy atom. The number of amides is 1. The summed E-state index contributed by atoms with van der Waals surface area (Å²) >= 11 is 3.33. The molecule has 1 saturated heterocycles. The third-order valence-corrected chi connectivity index (χ3v) is 4.10. The predicted molar refractivity (Wildman–Crippen MR) is 90.6 cm³/mol. The minimum absolute atomic E-state index is 0.0508. The van der Waals surface area contributed by atoms with E-state index >= 15 is 0 Å². The lowest BCUT2D eigenvalue weighted by Gasteiger charge is -2.32. The van der Waals surface area contributed by atoms with Crippen molar-refractivity contribution in [3.8, 4) is 0 Å². The van der Waals surface area contributed by atoms with E-state index in [2.05, 4.69) is 21.2 Å². The number of carbonyl (C=O) groups excluding carboxylic acids is 1. The van der Waals surface area contributed by atoms with Gasteiger partial charge in [0.15, 0.2) is 0 Å². The summed E-state index contributed by atoms with van der Waals surface area (Å²) in [6.07, 6.45) is 1.00. The molecule has 2 rings (SSSR count). The maximum atomic E-state index is 11.8. The maximum Gasteiger partial charge on any atom is 0.410 e. The Balaban J connectivity index is 1.96. The van der Waals surface area contributed by atoms with Gasteiger partial charge < -0.3 is 15.0 Å². The Morgan fingerprint density at radius 3 is 2.65 bits per heavy atom. The zero-order valence-corrected chi connectivity index (χ0v) is 14.7. The zero-order chi connectivity index (χ0) is 17.0. The van der Waals surface area contributed by atoms with Gasteiger partial charge >= 0.3 is 6.09 Å². The van der Waals surface area contributed by atoms with Crippen molar-refractivity contribution in [3.63, 3.8) is 0 Å². The number of benzene rings is 1. The van der Waals surface area contributed by atoms with Crippen molar-refractivity contribution in [1.29, 1.82) is 0 Å². The van der Waals surface area contributed by atoms with E-state index in [0.29, 0.717) is 18.8 Å². The van der Waals surface area contributed by atoms with E-state index in [1.807, 2.05) is 13.8 Å². The minimum Gasteiger partial charge on any atom is -0.447 e.